The van der Waals surface area contributed by atoms with E-state index in [-0.39, 0.29) is 17.2 Å². The van der Waals surface area contributed by atoms with Gasteiger partial charge in [-0.2, -0.15) is 0 Å². The molecule has 102 valence electrons. The van der Waals surface area contributed by atoms with Gasteiger partial charge in [-0.25, -0.2) is 4.39 Å². The lowest BCUT2D eigenvalue weighted by Crippen LogP contribution is -2.35. The number of piperidine rings is 1. The van der Waals surface area contributed by atoms with E-state index in [9.17, 15) is 9.18 Å². The first-order valence-corrected chi connectivity index (χ1v) is 6.79. The van der Waals surface area contributed by atoms with Crippen molar-refractivity contribution in [2.24, 2.45) is 11.3 Å². The van der Waals surface area contributed by atoms with Crippen molar-refractivity contribution in [1.82, 2.24) is 4.90 Å². The Bertz CT molecular complexity index is 477. The zero-order chi connectivity index (χ0) is 13.5. The fraction of sp³-hybridized carbons (Fsp3) is 0.533. The molecule has 0 radical (unpaired) electrons. The Morgan fingerprint density at radius 3 is 2.47 bits per heavy atom. The van der Waals surface area contributed by atoms with E-state index in [1.54, 1.807) is 0 Å². The van der Waals surface area contributed by atoms with Crippen LogP contribution in [0.25, 0.3) is 0 Å². The molecule has 1 unspecified atom stereocenters. The molecule has 2 aliphatic rings. The molecule has 1 N–H and O–H groups in total. The van der Waals surface area contributed by atoms with Crippen molar-refractivity contribution in [3.63, 3.8) is 0 Å². The first-order valence-electron chi connectivity index (χ1n) is 6.79. The summed E-state index contributed by atoms with van der Waals surface area (Å²) in [5.41, 5.74) is 1.20. The second-order valence-corrected chi connectivity index (χ2v) is 5.86. The number of benzene rings is 1. The number of halogens is 1. The highest BCUT2D eigenvalue weighted by atomic mass is 19.1. The number of hydrogen-bond acceptors (Lipinski definition) is 2. The molecule has 3 nitrogen and oxygen atoms in total. The summed E-state index contributed by atoms with van der Waals surface area (Å²) in [7, 11) is 0. The molecular weight excluding hydrogens is 245 g/mol. The fourth-order valence-corrected chi connectivity index (χ4v) is 3.25. The summed E-state index contributed by atoms with van der Waals surface area (Å²) in [5, 5.41) is 9.05. The maximum atomic E-state index is 12.8. The molecule has 0 aromatic heterocycles. The molecule has 1 aliphatic heterocycles. The largest absolute Gasteiger partial charge is 0.481 e. The van der Waals surface area contributed by atoms with Crippen molar-refractivity contribution in [1.29, 1.82) is 0 Å². The topological polar surface area (TPSA) is 40.5 Å². The van der Waals surface area contributed by atoms with Crippen LogP contribution in [0, 0.1) is 17.2 Å². The molecule has 3 rings (SSSR count). The monoisotopic (exact) mass is 263 g/mol. The molecule has 2 fully saturated rings. The molecule has 19 heavy (non-hydrogen) atoms. The van der Waals surface area contributed by atoms with Crippen LogP contribution in [0.15, 0.2) is 24.3 Å². The third kappa shape index (κ3) is 2.50. The molecule has 1 spiro atoms. The van der Waals surface area contributed by atoms with Gasteiger partial charge in [-0.1, -0.05) is 12.1 Å². The number of carboxylic acids is 1. The first kappa shape index (κ1) is 12.6. The van der Waals surface area contributed by atoms with Crippen LogP contribution in [0.1, 0.15) is 24.8 Å². The van der Waals surface area contributed by atoms with Crippen LogP contribution in [0.2, 0.25) is 0 Å². The summed E-state index contributed by atoms with van der Waals surface area (Å²) in [6.45, 7) is 2.72. The normalized spacial score (nSPS) is 25.4. The average molecular weight is 263 g/mol. The van der Waals surface area contributed by atoms with Crippen molar-refractivity contribution in [3.8, 4) is 0 Å². The molecule has 0 bridgehead atoms. The average Bonchev–Trinajstić information content (AvgIpc) is 3.10. The van der Waals surface area contributed by atoms with Crippen molar-refractivity contribution in [2.75, 3.05) is 13.1 Å². The standard InChI is InChI=1S/C15H18FNO2/c16-12-3-1-11(2-4-12)10-17-7-5-15(6-8-17)9-13(15)14(18)19/h1-4,13H,5-10H2,(H,18,19). The number of carboxylic acid groups (broad SMARTS) is 1. The Kier molecular flexibility index (Phi) is 3.05. The van der Waals surface area contributed by atoms with Gasteiger partial charge in [0.15, 0.2) is 0 Å². The van der Waals surface area contributed by atoms with Crippen molar-refractivity contribution in [2.45, 2.75) is 25.8 Å². The first-order chi connectivity index (χ1) is 9.09. The number of carbonyl (C=O) groups is 1. The highest BCUT2D eigenvalue weighted by Crippen LogP contribution is 2.59. The van der Waals surface area contributed by atoms with E-state index in [1.165, 1.54) is 12.1 Å². The minimum Gasteiger partial charge on any atom is -0.481 e. The van der Waals surface area contributed by atoms with Crippen LogP contribution < -0.4 is 0 Å². The zero-order valence-corrected chi connectivity index (χ0v) is 10.8. The van der Waals surface area contributed by atoms with Crippen LogP contribution in [0.3, 0.4) is 0 Å². The van der Waals surface area contributed by atoms with Gasteiger partial charge in [-0.05, 0) is 55.5 Å². The van der Waals surface area contributed by atoms with Gasteiger partial charge in [0, 0.05) is 6.54 Å². The van der Waals surface area contributed by atoms with Crippen molar-refractivity contribution in [3.05, 3.63) is 35.6 Å². The van der Waals surface area contributed by atoms with Crippen LogP contribution in [0.5, 0.6) is 0 Å². The Labute approximate surface area is 112 Å². The minimum absolute atomic E-state index is 0.0884. The quantitative estimate of drug-likeness (QED) is 0.911. The Balaban J connectivity index is 1.54. The van der Waals surface area contributed by atoms with E-state index in [0.717, 1.165) is 44.5 Å². The second-order valence-electron chi connectivity index (χ2n) is 5.86. The highest BCUT2D eigenvalue weighted by Gasteiger charge is 2.58. The van der Waals surface area contributed by atoms with Gasteiger partial charge in [0.25, 0.3) is 0 Å². The molecule has 0 amide bonds. The summed E-state index contributed by atoms with van der Waals surface area (Å²) in [6, 6.07) is 6.61. The smallest absolute Gasteiger partial charge is 0.307 e. The predicted octanol–water partition coefficient (Wildman–Crippen LogP) is 2.51. The SMILES string of the molecule is O=C(O)C1CC12CCN(Cc1ccc(F)cc1)CC2. The molecule has 1 aromatic carbocycles. The summed E-state index contributed by atoms with van der Waals surface area (Å²) < 4.78 is 12.8. The van der Waals surface area contributed by atoms with Gasteiger partial charge in [-0.15, -0.1) is 0 Å². The number of nitrogens with zero attached hydrogens (tertiary/aromatic N) is 1. The molecule has 1 heterocycles. The van der Waals surface area contributed by atoms with Crippen LogP contribution >= 0.6 is 0 Å². The third-order valence-electron chi connectivity index (χ3n) is 4.66. The number of likely N-dealkylation sites (tertiary alicyclic amines) is 1. The minimum atomic E-state index is -0.632. The van der Waals surface area contributed by atoms with Gasteiger partial charge >= 0.3 is 5.97 Å². The molecular formula is C15H18FNO2. The van der Waals surface area contributed by atoms with Gasteiger partial charge in [0.1, 0.15) is 5.82 Å². The summed E-state index contributed by atoms with van der Waals surface area (Å²) >= 11 is 0. The number of hydrogen-bond donors (Lipinski definition) is 1. The van der Waals surface area contributed by atoms with Gasteiger partial charge < -0.3 is 5.11 Å². The molecule has 1 aromatic rings. The van der Waals surface area contributed by atoms with Crippen molar-refractivity contribution < 1.29 is 14.3 Å². The summed E-state index contributed by atoms with van der Waals surface area (Å²) in [4.78, 5) is 13.3. The summed E-state index contributed by atoms with van der Waals surface area (Å²) in [6.07, 6.45) is 2.81. The van der Waals surface area contributed by atoms with E-state index in [1.807, 2.05) is 12.1 Å². The van der Waals surface area contributed by atoms with E-state index in [4.69, 9.17) is 5.11 Å². The Morgan fingerprint density at radius 2 is 1.95 bits per heavy atom. The van der Waals surface area contributed by atoms with Gasteiger partial charge in [0.2, 0.25) is 0 Å². The number of rotatable bonds is 3. The highest BCUT2D eigenvalue weighted by molar-refractivity contribution is 5.74. The molecule has 1 aliphatic carbocycles. The van der Waals surface area contributed by atoms with E-state index in [0.29, 0.717) is 0 Å². The molecule has 1 saturated heterocycles. The van der Waals surface area contributed by atoms with Gasteiger partial charge in [0.05, 0.1) is 5.92 Å². The summed E-state index contributed by atoms with van der Waals surface area (Å²) in [5.74, 6) is -0.948. The third-order valence-corrected chi connectivity index (χ3v) is 4.66. The maximum Gasteiger partial charge on any atom is 0.307 e. The second kappa shape index (κ2) is 4.60. The van der Waals surface area contributed by atoms with Crippen LogP contribution in [-0.2, 0) is 11.3 Å². The van der Waals surface area contributed by atoms with Crippen LogP contribution in [-0.4, -0.2) is 29.1 Å². The zero-order valence-electron chi connectivity index (χ0n) is 10.8. The maximum absolute atomic E-state index is 12.8. The van der Waals surface area contributed by atoms with E-state index in [2.05, 4.69) is 4.90 Å². The molecule has 4 heteroatoms. The van der Waals surface area contributed by atoms with E-state index >= 15 is 0 Å². The lowest BCUT2D eigenvalue weighted by atomic mass is 9.90. The van der Waals surface area contributed by atoms with Crippen molar-refractivity contribution >= 4 is 5.97 Å². The lowest BCUT2D eigenvalue weighted by Gasteiger charge is -2.32. The van der Waals surface area contributed by atoms with Crippen LogP contribution in [0.4, 0.5) is 4.39 Å². The molecule has 1 saturated carbocycles. The van der Waals surface area contributed by atoms with Gasteiger partial charge in [-0.3, -0.25) is 9.69 Å². The number of aliphatic carboxylic acids is 1. The Hall–Kier alpha value is -1.42. The Morgan fingerprint density at radius 1 is 1.32 bits per heavy atom. The predicted molar refractivity (Wildman–Crippen MR) is 69.1 cm³/mol. The van der Waals surface area contributed by atoms with E-state index < -0.39 is 5.97 Å². The lowest BCUT2D eigenvalue weighted by molar-refractivity contribution is -0.139. The molecule has 1 atom stereocenters. The fourth-order valence-electron chi connectivity index (χ4n) is 3.25.